The van der Waals surface area contributed by atoms with E-state index in [1.807, 2.05) is 0 Å². The van der Waals surface area contributed by atoms with Gasteiger partial charge in [0.05, 0.1) is 22.4 Å². The number of rotatable bonds is 4. The number of nitrogens with zero attached hydrogens (tertiary/aromatic N) is 5. The molecule has 1 amide bonds. The molecule has 2 N–H and O–H groups in total. The van der Waals surface area contributed by atoms with Crippen LogP contribution in [0.4, 0.5) is 5.69 Å². The number of pyridine rings is 1. The lowest BCUT2D eigenvalue weighted by Gasteiger charge is -2.18. The van der Waals surface area contributed by atoms with Gasteiger partial charge in [0.1, 0.15) is 16.5 Å². The molecule has 0 fully saturated rings. The topological polar surface area (TPSA) is 123 Å². The molecule has 3 aromatic heterocycles. The van der Waals surface area contributed by atoms with E-state index in [9.17, 15) is 14.7 Å². The van der Waals surface area contributed by atoms with Crippen LogP contribution in [-0.2, 0) is 13.0 Å². The predicted molar refractivity (Wildman–Crippen MR) is 129 cm³/mol. The van der Waals surface area contributed by atoms with Crippen molar-refractivity contribution in [1.82, 2.24) is 24.5 Å². The fourth-order valence-corrected chi connectivity index (χ4v) is 4.89. The zero-order valence-electron chi connectivity index (χ0n) is 17.5. The predicted octanol–water partition coefficient (Wildman–Crippen LogP) is 4.33. The number of hydrogen-bond donors (Lipinski definition) is 2. The number of nitrogens with one attached hydrogen (secondary N) is 1. The van der Waals surface area contributed by atoms with E-state index in [2.05, 4.69) is 25.3 Å². The zero-order chi connectivity index (χ0) is 23.8. The van der Waals surface area contributed by atoms with Gasteiger partial charge in [0.25, 0.3) is 11.5 Å². The SMILES string of the molecule is O=C(Nc1cccc(Sc2ncc3nc(Cl)ccc3n2)c1Cl)c1c(O)nc2n(c1=O)CCCC2. The standard InChI is InChI=1S/C22H16Cl2N6O3S/c23-15-8-7-11-13(26-15)10-25-22(28-11)34-14-5-3-4-12(18(14)24)27-19(31)17-20(32)29-16-6-1-2-9-30(16)21(17)33/h3-5,7-8,10,32H,1-2,6,9H2,(H,27,31). The largest absolute Gasteiger partial charge is 0.493 e. The van der Waals surface area contributed by atoms with Crippen LogP contribution in [0.3, 0.4) is 0 Å². The number of hydrogen-bond acceptors (Lipinski definition) is 8. The van der Waals surface area contributed by atoms with Crippen LogP contribution in [0.15, 0.2) is 51.4 Å². The number of aromatic hydroxyl groups is 1. The molecule has 172 valence electrons. The average Bonchev–Trinajstić information content (AvgIpc) is 2.82. The molecule has 9 nitrogen and oxygen atoms in total. The maximum Gasteiger partial charge on any atom is 0.270 e. The number of halogens is 2. The maximum absolute atomic E-state index is 12.9. The normalized spacial score (nSPS) is 13.0. The molecule has 0 bridgehead atoms. The summed E-state index contributed by atoms with van der Waals surface area (Å²) in [5.74, 6) is -0.894. The first kappa shape index (κ1) is 22.6. The van der Waals surface area contributed by atoms with Crippen molar-refractivity contribution in [2.45, 2.75) is 35.9 Å². The van der Waals surface area contributed by atoms with Gasteiger partial charge in [-0.25, -0.2) is 15.0 Å². The van der Waals surface area contributed by atoms with Gasteiger partial charge < -0.3 is 10.4 Å². The molecule has 0 atom stereocenters. The van der Waals surface area contributed by atoms with E-state index >= 15 is 0 Å². The molecule has 1 aliphatic rings. The fourth-order valence-electron chi connectivity index (χ4n) is 3.66. The van der Waals surface area contributed by atoms with Gasteiger partial charge in [0, 0.05) is 17.9 Å². The minimum atomic E-state index is -0.787. The van der Waals surface area contributed by atoms with Crippen LogP contribution in [-0.4, -0.2) is 35.5 Å². The summed E-state index contributed by atoms with van der Waals surface area (Å²) in [5.41, 5.74) is 0.475. The summed E-state index contributed by atoms with van der Waals surface area (Å²) in [6.07, 6.45) is 3.83. The van der Waals surface area contributed by atoms with Gasteiger partial charge in [-0.15, -0.1) is 0 Å². The fraction of sp³-hybridized carbons (Fsp3) is 0.182. The first-order chi connectivity index (χ1) is 16.4. The molecule has 5 rings (SSSR count). The Balaban J connectivity index is 1.42. The van der Waals surface area contributed by atoms with E-state index in [0.717, 1.165) is 12.8 Å². The first-order valence-electron chi connectivity index (χ1n) is 10.3. The van der Waals surface area contributed by atoms with Gasteiger partial charge in [-0.1, -0.05) is 29.3 Å². The minimum absolute atomic E-state index is 0.240. The van der Waals surface area contributed by atoms with Crippen molar-refractivity contribution in [3.8, 4) is 5.88 Å². The number of fused-ring (bicyclic) bond motifs is 2. The Morgan fingerprint density at radius 2 is 1.94 bits per heavy atom. The van der Waals surface area contributed by atoms with E-state index < -0.39 is 22.9 Å². The zero-order valence-corrected chi connectivity index (χ0v) is 19.8. The second-order valence-corrected chi connectivity index (χ2v) is 9.28. The number of aryl methyl sites for hydroxylation is 1. The number of amides is 1. The lowest BCUT2D eigenvalue weighted by molar-refractivity contribution is 0.102. The van der Waals surface area contributed by atoms with Crippen molar-refractivity contribution >= 4 is 57.6 Å². The Hall–Kier alpha value is -3.21. The molecule has 4 aromatic rings. The van der Waals surface area contributed by atoms with Crippen molar-refractivity contribution < 1.29 is 9.90 Å². The quantitative estimate of drug-likeness (QED) is 0.304. The summed E-state index contributed by atoms with van der Waals surface area (Å²) in [6.45, 7) is 0.460. The summed E-state index contributed by atoms with van der Waals surface area (Å²) >= 11 is 13.6. The van der Waals surface area contributed by atoms with Crippen molar-refractivity contribution in [3.63, 3.8) is 0 Å². The third-order valence-electron chi connectivity index (χ3n) is 5.28. The van der Waals surface area contributed by atoms with E-state index in [0.29, 0.717) is 45.0 Å². The summed E-state index contributed by atoms with van der Waals surface area (Å²) in [6, 6.07) is 8.43. The molecule has 1 aromatic carbocycles. The lowest BCUT2D eigenvalue weighted by Crippen LogP contribution is -2.34. The van der Waals surface area contributed by atoms with Crippen molar-refractivity contribution in [2.24, 2.45) is 0 Å². The minimum Gasteiger partial charge on any atom is -0.493 e. The maximum atomic E-state index is 12.9. The van der Waals surface area contributed by atoms with Crippen LogP contribution in [0.1, 0.15) is 29.0 Å². The summed E-state index contributed by atoms with van der Waals surface area (Å²) in [5, 5.41) is 13.9. The molecule has 0 radical (unpaired) electrons. The van der Waals surface area contributed by atoms with E-state index in [1.165, 1.54) is 16.3 Å². The number of benzene rings is 1. The van der Waals surface area contributed by atoms with Gasteiger partial charge in [0.2, 0.25) is 5.88 Å². The Morgan fingerprint density at radius 1 is 1.09 bits per heavy atom. The van der Waals surface area contributed by atoms with Crippen LogP contribution in [0.25, 0.3) is 11.0 Å². The molecule has 4 heterocycles. The number of aromatic nitrogens is 5. The molecule has 0 saturated carbocycles. The van der Waals surface area contributed by atoms with Crippen LogP contribution in [0, 0.1) is 0 Å². The highest BCUT2D eigenvalue weighted by atomic mass is 35.5. The molecular formula is C22H16Cl2N6O3S. The number of carbonyl (C=O) groups excluding carboxylic acids is 1. The van der Waals surface area contributed by atoms with Crippen LogP contribution >= 0.6 is 35.0 Å². The van der Waals surface area contributed by atoms with Crippen molar-refractivity contribution in [2.75, 3.05) is 5.32 Å². The van der Waals surface area contributed by atoms with E-state index in [-0.39, 0.29) is 10.7 Å². The lowest BCUT2D eigenvalue weighted by atomic mass is 10.1. The first-order valence-corrected chi connectivity index (χ1v) is 11.9. The third kappa shape index (κ3) is 4.31. The van der Waals surface area contributed by atoms with Gasteiger partial charge in [-0.05, 0) is 48.9 Å². The second-order valence-electron chi connectivity index (χ2n) is 7.51. The van der Waals surface area contributed by atoms with E-state index in [4.69, 9.17) is 23.2 Å². The third-order valence-corrected chi connectivity index (χ3v) is 6.95. The van der Waals surface area contributed by atoms with Crippen LogP contribution < -0.4 is 10.9 Å². The molecular weight excluding hydrogens is 499 g/mol. The average molecular weight is 515 g/mol. The monoisotopic (exact) mass is 514 g/mol. The number of carbonyl (C=O) groups is 1. The van der Waals surface area contributed by atoms with Crippen LogP contribution in [0.5, 0.6) is 5.88 Å². The van der Waals surface area contributed by atoms with E-state index in [1.54, 1.807) is 36.5 Å². The smallest absolute Gasteiger partial charge is 0.270 e. The highest BCUT2D eigenvalue weighted by Crippen LogP contribution is 2.36. The summed E-state index contributed by atoms with van der Waals surface area (Å²) in [4.78, 5) is 43.3. The van der Waals surface area contributed by atoms with Gasteiger partial charge >= 0.3 is 0 Å². The molecule has 1 aliphatic heterocycles. The highest BCUT2D eigenvalue weighted by molar-refractivity contribution is 7.99. The van der Waals surface area contributed by atoms with Gasteiger partial charge in [-0.3, -0.25) is 14.2 Å². The summed E-state index contributed by atoms with van der Waals surface area (Å²) in [7, 11) is 0. The van der Waals surface area contributed by atoms with Gasteiger partial charge in [0.15, 0.2) is 10.7 Å². The molecule has 34 heavy (non-hydrogen) atoms. The molecule has 0 unspecified atom stereocenters. The molecule has 0 spiro atoms. The Morgan fingerprint density at radius 3 is 2.79 bits per heavy atom. The van der Waals surface area contributed by atoms with Crippen molar-refractivity contribution in [1.29, 1.82) is 0 Å². The molecule has 0 aliphatic carbocycles. The second kappa shape index (κ2) is 9.21. The molecule has 0 saturated heterocycles. The number of anilines is 1. The Bertz CT molecular complexity index is 1510. The molecule has 12 heteroatoms. The van der Waals surface area contributed by atoms with Crippen molar-refractivity contribution in [3.05, 3.63) is 68.4 Å². The van der Waals surface area contributed by atoms with Crippen LogP contribution in [0.2, 0.25) is 10.2 Å². The summed E-state index contributed by atoms with van der Waals surface area (Å²) < 4.78 is 1.44. The highest BCUT2D eigenvalue weighted by Gasteiger charge is 2.24. The Labute approximate surface area is 207 Å². The Kier molecular flexibility index (Phi) is 6.11. The van der Waals surface area contributed by atoms with Gasteiger partial charge in [-0.2, -0.15) is 4.98 Å².